The third kappa shape index (κ3) is 4.26. The van der Waals surface area contributed by atoms with Gasteiger partial charge in [-0.05, 0) is 42.9 Å². The first-order valence-electron chi connectivity index (χ1n) is 10.2. The molecule has 1 heterocycles. The van der Waals surface area contributed by atoms with Crippen molar-refractivity contribution in [3.8, 4) is 0 Å². The molecule has 28 heavy (non-hydrogen) atoms. The van der Waals surface area contributed by atoms with Gasteiger partial charge in [0, 0.05) is 38.1 Å². The van der Waals surface area contributed by atoms with Gasteiger partial charge in [-0.2, -0.15) is 0 Å². The summed E-state index contributed by atoms with van der Waals surface area (Å²) >= 11 is 0. The van der Waals surface area contributed by atoms with Gasteiger partial charge < -0.3 is 9.64 Å². The number of hydrogen-bond donors (Lipinski definition) is 1. The van der Waals surface area contributed by atoms with Crippen molar-refractivity contribution in [1.29, 1.82) is 0 Å². The maximum Gasteiger partial charge on any atom is 0.240 e. The lowest BCUT2D eigenvalue weighted by Crippen LogP contribution is -2.56. The monoisotopic (exact) mass is 408 g/mol. The Morgan fingerprint density at radius 1 is 1.25 bits per heavy atom. The zero-order valence-electron chi connectivity index (χ0n) is 17.1. The molecule has 1 N–H and O–H groups in total. The number of carbonyl (C=O) groups is 1. The van der Waals surface area contributed by atoms with Crippen LogP contribution in [-0.4, -0.2) is 52.1 Å². The van der Waals surface area contributed by atoms with Crippen molar-refractivity contribution in [3.05, 3.63) is 29.8 Å². The SMILES string of the molecule is COCCN1C(=O)CC[C@]2(CNS(=O)(=O)c3ccc(C(C)C)cc3)CCC[C@@H]12. The second-order valence-corrected chi connectivity index (χ2v) is 10.2. The maximum atomic E-state index is 12.8. The fraction of sp³-hybridized carbons (Fsp3) is 0.667. The molecule has 3 rings (SSSR count). The van der Waals surface area contributed by atoms with Crippen LogP contribution < -0.4 is 4.72 Å². The van der Waals surface area contributed by atoms with Gasteiger partial charge in [0.25, 0.3) is 0 Å². The van der Waals surface area contributed by atoms with E-state index in [1.807, 2.05) is 17.0 Å². The van der Waals surface area contributed by atoms with Gasteiger partial charge in [0.15, 0.2) is 0 Å². The summed E-state index contributed by atoms with van der Waals surface area (Å²) in [7, 11) is -1.94. The Hall–Kier alpha value is -1.44. The molecular formula is C21H32N2O4S. The number of methoxy groups -OCH3 is 1. The van der Waals surface area contributed by atoms with E-state index in [0.717, 1.165) is 31.2 Å². The first-order chi connectivity index (χ1) is 13.3. The van der Waals surface area contributed by atoms with Crippen LogP contribution in [0.4, 0.5) is 0 Å². The molecule has 2 fully saturated rings. The van der Waals surface area contributed by atoms with Gasteiger partial charge >= 0.3 is 0 Å². The van der Waals surface area contributed by atoms with Gasteiger partial charge in [-0.3, -0.25) is 4.79 Å². The molecule has 1 amide bonds. The van der Waals surface area contributed by atoms with E-state index in [2.05, 4.69) is 18.6 Å². The van der Waals surface area contributed by atoms with E-state index >= 15 is 0 Å². The van der Waals surface area contributed by atoms with E-state index in [0.29, 0.717) is 36.9 Å². The van der Waals surface area contributed by atoms with Gasteiger partial charge in [0.2, 0.25) is 15.9 Å². The summed E-state index contributed by atoms with van der Waals surface area (Å²) in [6.07, 6.45) is 4.12. The predicted octanol–water partition coefficient (Wildman–Crippen LogP) is 2.90. The second-order valence-electron chi connectivity index (χ2n) is 8.40. The van der Waals surface area contributed by atoms with Crippen LogP contribution in [0.2, 0.25) is 0 Å². The zero-order valence-corrected chi connectivity index (χ0v) is 17.9. The average Bonchev–Trinajstić information content (AvgIpc) is 3.10. The molecule has 1 aliphatic heterocycles. The lowest BCUT2D eigenvalue weighted by atomic mass is 9.74. The van der Waals surface area contributed by atoms with Crippen molar-refractivity contribution in [2.24, 2.45) is 5.41 Å². The normalized spacial score (nSPS) is 25.4. The quantitative estimate of drug-likeness (QED) is 0.718. The van der Waals surface area contributed by atoms with Gasteiger partial charge in [-0.15, -0.1) is 0 Å². The highest BCUT2D eigenvalue weighted by Crippen LogP contribution is 2.47. The summed E-state index contributed by atoms with van der Waals surface area (Å²) in [6, 6.07) is 7.20. The molecule has 1 aromatic rings. The molecule has 6 nitrogen and oxygen atoms in total. The standard InChI is InChI=1S/C21H32N2O4S/c1-16(2)17-6-8-18(9-7-17)28(25,26)22-15-21-11-4-5-19(21)23(13-14-27-3)20(24)10-12-21/h6-9,16,19,22H,4-5,10-15H2,1-3H3/t19-,21+/m1/s1. The number of benzene rings is 1. The molecule has 2 atom stereocenters. The molecule has 0 spiro atoms. The van der Waals surface area contributed by atoms with Crippen molar-refractivity contribution in [1.82, 2.24) is 9.62 Å². The number of fused-ring (bicyclic) bond motifs is 1. The summed E-state index contributed by atoms with van der Waals surface area (Å²) in [6.45, 7) is 5.63. The highest BCUT2D eigenvalue weighted by atomic mass is 32.2. The minimum Gasteiger partial charge on any atom is -0.383 e. The minimum absolute atomic E-state index is 0.0925. The number of sulfonamides is 1. The average molecular weight is 409 g/mol. The zero-order chi connectivity index (χ0) is 20.4. The lowest BCUT2D eigenvalue weighted by molar-refractivity contribution is -0.142. The second kappa shape index (κ2) is 8.51. The van der Waals surface area contributed by atoms with Gasteiger partial charge in [-0.25, -0.2) is 13.1 Å². The molecule has 7 heteroatoms. The molecule has 0 aromatic heterocycles. The van der Waals surface area contributed by atoms with Gasteiger partial charge in [0.1, 0.15) is 0 Å². The van der Waals surface area contributed by atoms with Crippen LogP contribution in [0, 0.1) is 5.41 Å². The largest absolute Gasteiger partial charge is 0.383 e. The van der Waals surface area contributed by atoms with Crippen LogP contribution in [0.5, 0.6) is 0 Å². The fourth-order valence-corrected chi connectivity index (χ4v) is 5.83. The van der Waals surface area contributed by atoms with E-state index in [4.69, 9.17) is 4.74 Å². The van der Waals surface area contributed by atoms with Crippen LogP contribution in [0.25, 0.3) is 0 Å². The van der Waals surface area contributed by atoms with E-state index < -0.39 is 10.0 Å². The molecule has 1 aromatic carbocycles. The number of nitrogens with zero attached hydrogens (tertiary/aromatic N) is 1. The van der Waals surface area contributed by atoms with Crippen LogP contribution in [0.3, 0.4) is 0 Å². The molecule has 2 aliphatic rings. The number of hydrogen-bond acceptors (Lipinski definition) is 4. The number of carbonyl (C=O) groups excluding carboxylic acids is 1. The maximum absolute atomic E-state index is 12.8. The minimum atomic E-state index is -3.57. The van der Waals surface area contributed by atoms with E-state index in [-0.39, 0.29) is 17.4 Å². The van der Waals surface area contributed by atoms with Crippen LogP contribution in [0.1, 0.15) is 57.4 Å². The highest BCUT2D eigenvalue weighted by molar-refractivity contribution is 7.89. The highest BCUT2D eigenvalue weighted by Gasteiger charge is 2.50. The Labute approximate surface area is 168 Å². The number of ether oxygens (including phenoxy) is 1. The predicted molar refractivity (Wildman–Crippen MR) is 109 cm³/mol. The first kappa shape index (κ1) is 21.3. The molecule has 0 radical (unpaired) electrons. The number of piperidine rings is 1. The number of rotatable bonds is 8. The van der Waals surface area contributed by atoms with Crippen LogP contribution in [0.15, 0.2) is 29.2 Å². The number of amides is 1. The lowest BCUT2D eigenvalue weighted by Gasteiger charge is -2.46. The summed E-state index contributed by atoms with van der Waals surface area (Å²) in [5, 5.41) is 0. The molecule has 1 aliphatic carbocycles. The van der Waals surface area contributed by atoms with Crippen LogP contribution in [-0.2, 0) is 19.6 Å². The van der Waals surface area contributed by atoms with Crippen molar-refractivity contribution in [2.75, 3.05) is 26.8 Å². The van der Waals surface area contributed by atoms with E-state index in [1.165, 1.54) is 0 Å². The molecule has 156 valence electrons. The number of nitrogens with one attached hydrogen (secondary N) is 1. The van der Waals surface area contributed by atoms with E-state index in [1.54, 1.807) is 19.2 Å². The first-order valence-corrected chi connectivity index (χ1v) is 11.7. The van der Waals surface area contributed by atoms with Crippen molar-refractivity contribution < 1.29 is 17.9 Å². The topological polar surface area (TPSA) is 75.7 Å². The number of likely N-dealkylation sites (tertiary alicyclic amines) is 1. The Morgan fingerprint density at radius 3 is 2.61 bits per heavy atom. The summed E-state index contributed by atoms with van der Waals surface area (Å²) < 4.78 is 33.7. The molecule has 1 saturated heterocycles. The molecular weight excluding hydrogens is 376 g/mol. The van der Waals surface area contributed by atoms with Crippen molar-refractivity contribution in [2.45, 2.75) is 62.8 Å². The van der Waals surface area contributed by atoms with Crippen LogP contribution >= 0.6 is 0 Å². The van der Waals surface area contributed by atoms with E-state index in [9.17, 15) is 13.2 Å². The van der Waals surface area contributed by atoms with Crippen molar-refractivity contribution in [3.63, 3.8) is 0 Å². The summed E-state index contributed by atoms with van der Waals surface area (Å²) in [5.41, 5.74) is 0.944. The molecule has 1 saturated carbocycles. The Kier molecular flexibility index (Phi) is 6.47. The third-order valence-corrected chi connectivity index (χ3v) is 7.82. The Morgan fingerprint density at radius 2 is 1.96 bits per heavy atom. The smallest absolute Gasteiger partial charge is 0.240 e. The Bertz CT molecular complexity index is 791. The van der Waals surface area contributed by atoms with Crippen molar-refractivity contribution >= 4 is 15.9 Å². The van der Waals surface area contributed by atoms with Gasteiger partial charge in [0.05, 0.1) is 11.5 Å². The Balaban J connectivity index is 1.73. The van der Waals surface area contributed by atoms with Gasteiger partial charge in [-0.1, -0.05) is 32.4 Å². The molecule has 0 bridgehead atoms. The molecule has 0 unspecified atom stereocenters. The third-order valence-electron chi connectivity index (χ3n) is 6.40. The summed E-state index contributed by atoms with van der Waals surface area (Å²) in [4.78, 5) is 14.6. The fourth-order valence-electron chi connectivity index (χ4n) is 4.69. The summed E-state index contributed by atoms with van der Waals surface area (Å²) in [5.74, 6) is 0.521.